The van der Waals surface area contributed by atoms with E-state index in [9.17, 15) is 5.21 Å². The van der Waals surface area contributed by atoms with Crippen LogP contribution in [0.5, 0.6) is 0 Å². The molecule has 1 fully saturated rings. The first-order valence-electron chi connectivity index (χ1n) is 9.15. The Morgan fingerprint density at radius 1 is 1.27 bits per heavy atom. The molecule has 0 spiro atoms. The Hall–Kier alpha value is -1.86. The van der Waals surface area contributed by atoms with Crippen LogP contribution in [0.15, 0.2) is 29.5 Å². The van der Waals surface area contributed by atoms with Crippen LogP contribution in [0.2, 0.25) is 0 Å². The third-order valence-electron chi connectivity index (χ3n) is 4.77. The van der Waals surface area contributed by atoms with Gasteiger partial charge in [0, 0.05) is 7.11 Å². The summed E-state index contributed by atoms with van der Waals surface area (Å²) in [6.45, 7) is 6.80. The lowest BCUT2D eigenvalue weighted by molar-refractivity contribution is -0.726. The molecule has 7 heteroatoms. The molecule has 26 heavy (non-hydrogen) atoms. The summed E-state index contributed by atoms with van der Waals surface area (Å²) < 4.78 is 5.07. The van der Waals surface area contributed by atoms with Crippen molar-refractivity contribution in [1.29, 1.82) is 0 Å². The van der Waals surface area contributed by atoms with Crippen LogP contribution in [-0.2, 0) is 16.2 Å². The zero-order valence-electron chi connectivity index (χ0n) is 16.2. The maximum atomic E-state index is 12.3. The summed E-state index contributed by atoms with van der Waals surface area (Å²) >= 11 is 0. The molecule has 1 saturated carbocycles. The van der Waals surface area contributed by atoms with Gasteiger partial charge in [0.15, 0.2) is 0 Å². The molecule has 146 valence electrons. The van der Waals surface area contributed by atoms with E-state index in [-0.39, 0.29) is 18.2 Å². The SMILES string of the molecule is COCCN(/[N+]([O-])=N/O[C@@H]1CC[C@@H](c2ccc(CO)cc2)C1)C(C)(C)C. The first kappa shape index (κ1) is 20.5. The first-order chi connectivity index (χ1) is 12.3. The van der Waals surface area contributed by atoms with E-state index >= 15 is 0 Å². The molecule has 0 amide bonds. The number of aliphatic hydroxyl groups excluding tert-OH is 1. The van der Waals surface area contributed by atoms with Gasteiger partial charge in [-0.25, -0.2) is 0 Å². The number of nitrogens with zero attached hydrogens (tertiary/aromatic N) is 3. The van der Waals surface area contributed by atoms with E-state index < -0.39 is 0 Å². The van der Waals surface area contributed by atoms with Gasteiger partial charge >= 0.3 is 0 Å². The molecule has 0 saturated heterocycles. The molecule has 0 radical (unpaired) electrons. The van der Waals surface area contributed by atoms with Gasteiger partial charge in [-0.15, -0.1) is 5.01 Å². The van der Waals surface area contributed by atoms with E-state index in [1.165, 1.54) is 5.56 Å². The van der Waals surface area contributed by atoms with Gasteiger partial charge in [0.1, 0.15) is 12.6 Å². The molecule has 1 aromatic rings. The van der Waals surface area contributed by atoms with Crippen LogP contribution < -0.4 is 0 Å². The highest BCUT2D eigenvalue weighted by Crippen LogP contribution is 2.36. The fourth-order valence-electron chi connectivity index (χ4n) is 3.24. The quantitative estimate of drug-likeness (QED) is 0.434. The second kappa shape index (κ2) is 9.19. The lowest BCUT2D eigenvalue weighted by Gasteiger charge is -2.30. The summed E-state index contributed by atoms with van der Waals surface area (Å²) in [5.41, 5.74) is 1.78. The maximum Gasteiger partial charge on any atom is 0.233 e. The van der Waals surface area contributed by atoms with E-state index in [2.05, 4.69) is 17.4 Å². The molecule has 2 atom stereocenters. The first-order valence-corrected chi connectivity index (χ1v) is 9.15. The van der Waals surface area contributed by atoms with Gasteiger partial charge in [-0.2, -0.15) is 0 Å². The van der Waals surface area contributed by atoms with Crippen molar-refractivity contribution in [2.75, 3.05) is 20.3 Å². The van der Waals surface area contributed by atoms with Gasteiger partial charge in [-0.3, -0.25) is 0 Å². The Kier molecular flexibility index (Phi) is 7.23. The Labute approximate surface area is 155 Å². The van der Waals surface area contributed by atoms with E-state index in [0.717, 1.165) is 24.8 Å². The third-order valence-corrected chi connectivity index (χ3v) is 4.77. The predicted octanol–water partition coefficient (Wildman–Crippen LogP) is 3.37. The summed E-state index contributed by atoms with van der Waals surface area (Å²) in [7, 11) is 1.61. The van der Waals surface area contributed by atoms with E-state index in [1.807, 2.05) is 32.9 Å². The summed E-state index contributed by atoms with van der Waals surface area (Å²) in [6, 6.07) is 8.01. The zero-order valence-corrected chi connectivity index (χ0v) is 16.2. The highest BCUT2D eigenvalue weighted by Gasteiger charge is 2.31. The molecule has 2 rings (SSSR count). The second-order valence-corrected chi connectivity index (χ2v) is 7.76. The van der Waals surface area contributed by atoms with E-state index in [1.54, 1.807) is 12.1 Å². The smallest absolute Gasteiger partial charge is 0.233 e. The minimum Gasteiger partial charge on any atom is -0.569 e. The van der Waals surface area contributed by atoms with Crippen molar-refractivity contribution >= 4 is 0 Å². The van der Waals surface area contributed by atoms with Gasteiger partial charge in [0.2, 0.25) is 5.28 Å². The van der Waals surface area contributed by atoms with Crippen molar-refractivity contribution in [3.8, 4) is 0 Å². The molecule has 7 nitrogen and oxygen atoms in total. The van der Waals surface area contributed by atoms with Gasteiger partial charge in [0.05, 0.1) is 23.7 Å². The van der Waals surface area contributed by atoms with Crippen molar-refractivity contribution in [3.63, 3.8) is 0 Å². The molecule has 1 N–H and O–H groups in total. The minimum atomic E-state index is -0.375. The van der Waals surface area contributed by atoms with Crippen LogP contribution in [0.1, 0.15) is 57.1 Å². The van der Waals surface area contributed by atoms with Crippen molar-refractivity contribution in [1.82, 2.24) is 5.01 Å². The fourth-order valence-corrected chi connectivity index (χ4v) is 3.24. The average molecular weight is 365 g/mol. The fraction of sp³-hybridized carbons (Fsp3) is 0.684. The number of rotatable bonds is 8. The number of hydrazine groups is 1. The Balaban J connectivity index is 1.92. The average Bonchev–Trinajstić information content (AvgIpc) is 3.08. The number of benzene rings is 1. The largest absolute Gasteiger partial charge is 0.569 e. The lowest BCUT2D eigenvalue weighted by atomic mass is 9.97. The molecule has 1 aliphatic rings. The summed E-state index contributed by atoms with van der Waals surface area (Å²) in [5, 5.41) is 26.9. The number of hydrogen-bond donors (Lipinski definition) is 1. The summed E-state index contributed by atoms with van der Waals surface area (Å²) in [4.78, 5) is 6.08. The Morgan fingerprint density at radius 3 is 2.54 bits per heavy atom. The van der Waals surface area contributed by atoms with Crippen molar-refractivity contribution in [2.24, 2.45) is 5.28 Å². The lowest BCUT2D eigenvalue weighted by Crippen LogP contribution is -2.47. The number of ether oxygens (including phenoxy) is 1. The zero-order chi connectivity index (χ0) is 19.2. The van der Waals surface area contributed by atoms with Crippen molar-refractivity contribution in [2.45, 2.75) is 64.2 Å². The van der Waals surface area contributed by atoms with Crippen molar-refractivity contribution in [3.05, 3.63) is 40.6 Å². The van der Waals surface area contributed by atoms with Crippen molar-refractivity contribution < 1.29 is 19.7 Å². The molecule has 1 aliphatic carbocycles. The monoisotopic (exact) mass is 365 g/mol. The molecule has 0 bridgehead atoms. The minimum absolute atomic E-state index is 0.0572. The van der Waals surface area contributed by atoms with Gasteiger partial charge in [0.25, 0.3) is 0 Å². The van der Waals surface area contributed by atoms with Crippen LogP contribution in [0.3, 0.4) is 0 Å². The number of aliphatic hydroxyl groups is 1. The predicted molar refractivity (Wildman–Crippen MR) is 98.2 cm³/mol. The van der Waals surface area contributed by atoms with Gasteiger partial charge < -0.3 is 19.9 Å². The normalized spacial score (nSPS) is 21.0. The molecule has 0 aliphatic heterocycles. The van der Waals surface area contributed by atoms with E-state index in [0.29, 0.717) is 24.0 Å². The number of methoxy groups -OCH3 is 1. The van der Waals surface area contributed by atoms with Crippen LogP contribution >= 0.6 is 0 Å². The number of hydrogen-bond acceptors (Lipinski definition) is 5. The topological polar surface area (TPSA) is 80.4 Å². The second-order valence-electron chi connectivity index (χ2n) is 7.76. The molecule has 0 unspecified atom stereocenters. The van der Waals surface area contributed by atoms with Gasteiger partial charge in [-0.1, -0.05) is 24.3 Å². The van der Waals surface area contributed by atoms with Crippen LogP contribution in [0.4, 0.5) is 0 Å². The molecular weight excluding hydrogens is 334 g/mol. The van der Waals surface area contributed by atoms with Crippen LogP contribution in [0.25, 0.3) is 0 Å². The van der Waals surface area contributed by atoms with Crippen LogP contribution in [-0.4, -0.2) is 47.0 Å². The maximum absolute atomic E-state index is 12.3. The Bertz CT molecular complexity index is 583. The Morgan fingerprint density at radius 2 is 1.96 bits per heavy atom. The summed E-state index contributed by atoms with van der Waals surface area (Å²) in [5.74, 6) is 0.398. The third kappa shape index (κ3) is 5.57. The molecule has 1 aromatic carbocycles. The molecular formula is C19H31N3O4. The van der Waals surface area contributed by atoms with E-state index in [4.69, 9.17) is 14.7 Å². The highest BCUT2D eigenvalue weighted by atomic mass is 16.7. The molecule has 0 heterocycles. The molecule has 0 aromatic heterocycles. The van der Waals surface area contributed by atoms with Gasteiger partial charge in [-0.05, 0) is 57.1 Å². The summed E-state index contributed by atoms with van der Waals surface area (Å²) in [6.07, 6.45) is 2.66. The highest BCUT2D eigenvalue weighted by molar-refractivity contribution is 5.25. The standard InChI is InChI=1S/C19H31N3O4/c1-19(2,3)21(11-12-25-4)22(24)20-26-18-10-9-17(13-18)16-7-5-15(14-23)6-8-16/h5-8,17-18,23H,9-14H2,1-4H3/b22-20-/t17-,18-/m1/s1. The van der Waals surface area contributed by atoms with Crippen LogP contribution in [0, 0.1) is 5.21 Å².